The van der Waals surface area contributed by atoms with Gasteiger partial charge in [-0.05, 0) is 39.3 Å². The van der Waals surface area contributed by atoms with Crippen LogP contribution in [0, 0.1) is 13.8 Å². The fourth-order valence-corrected chi connectivity index (χ4v) is 8.13. The molecule has 0 amide bonds. The minimum absolute atomic E-state index is 0.0639. The monoisotopic (exact) mass is 588 g/mol. The van der Waals surface area contributed by atoms with Crippen molar-refractivity contribution < 1.29 is 35.9 Å². The summed E-state index contributed by atoms with van der Waals surface area (Å²) in [6.07, 6.45) is 0.475. The lowest BCUT2D eigenvalue weighted by atomic mass is 10.1. The lowest BCUT2D eigenvalue weighted by molar-refractivity contribution is -0.137. The molecule has 1 aliphatic rings. The zero-order chi connectivity index (χ0) is 28.4. The van der Waals surface area contributed by atoms with Crippen LogP contribution in [-0.4, -0.2) is 57.7 Å². The third-order valence-electron chi connectivity index (χ3n) is 5.78. The van der Waals surface area contributed by atoms with Gasteiger partial charge in [0.25, 0.3) is 20.0 Å². The molecule has 0 aromatic carbocycles. The van der Waals surface area contributed by atoms with E-state index in [1.54, 1.807) is 39.8 Å². The SMILES string of the molecule is CCOC(=O)C1=C(Nc2c(C)sc(S(=O)(=O)N(CC)CC)c2O)C(N[C@H](CC)c2ccc(C)o2)=NS1(=O)=O. The first-order chi connectivity index (χ1) is 17.8. The van der Waals surface area contributed by atoms with E-state index < -0.39 is 42.7 Å². The quantitative estimate of drug-likeness (QED) is 0.331. The topological polar surface area (TPSA) is 168 Å². The number of amidine groups is 1. The first kappa shape index (κ1) is 29.7. The fraction of sp³-hybridized carbons (Fsp3) is 0.478. The summed E-state index contributed by atoms with van der Waals surface area (Å²) < 4.78 is 67.5. The van der Waals surface area contributed by atoms with Crippen molar-refractivity contribution in [2.45, 2.75) is 58.2 Å². The van der Waals surface area contributed by atoms with Crippen molar-refractivity contribution in [3.63, 3.8) is 0 Å². The Labute approximate surface area is 226 Å². The molecule has 38 heavy (non-hydrogen) atoms. The number of sulfonamides is 2. The van der Waals surface area contributed by atoms with Gasteiger partial charge in [-0.15, -0.1) is 15.7 Å². The van der Waals surface area contributed by atoms with Crippen LogP contribution in [0.1, 0.15) is 56.6 Å². The highest BCUT2D eigenvalue weighted by molar-refractivity contribution is 7.95. The Morgan fingerprint density at radius 3 is 2.39 bits per heavy atom. The van der Waals surface area contributed by atoms with Crippen molar-refractivity contribution >= 4 is 48.9 Å². The van der Waals surface area contributed by atoms with Crippen LogP contribution in [0.15, 0.2) is 35.8 Å². The number of carbonyl (C=O) groups is 1. The first-order valence-electron chi connectivity index (χ1n) is 12.0. The smallest absolute Gasteiger partial charge is 0.354 e. The maximum atomic E-state index is 13.1. The van der Waals surface area contributed by atoms with E-state index in [0.717, 1.165) is 11.3 Å². The molecule has 0 unspecified atom stereocenters. The molecule has 1 atom stereocenters. The van der Waals surface area contributed by atoms with Gasteiger partial charge in [0.05, 0.1) is 18.3 Å². The summed E-state index contributed by atoms with van der Waals surface area (Å²) in [6, 6.07) is 2.99. The van der Waals surface area contributed by atoms with Gasteiger partial charge >= 0.3 is 5.97 Å². The summed E-state index contributed by atoms with van der Waals surface area (Å²) in [5.41, 5.74) is -0.334. The van der Waals surface area contributed by atoms with E-state index in [-0.39, 0.29) is 41.1 Å². The number of anilines is 1. The second-order valence-electron chi connectivity index (χ2n) is 8.28. The maximum Gasteiger partial charge on any atom is 0.354 e. The summed E-state index contributed by atoms with van der Waals surface area (Å²) in [7, 11) is -8.51. The number of ether oxygens (including phenoxy) is 1. The number of aryl methyl sites for hydroxylation is 2. The molecule has 15 heteroatoms. The number of carbonyl (C=O) groups excluding carboxylic acids is 1. The van der Waals surface area contributed by atoms with Crippen LogP contribution in [0.5, 0.6) is 5.75 Å². The van der Waals surface area contributed by atoms with Gasteiger partial charge in [-0.25, -0.2) is 13.2 Å². The summed E-state index contributed by atoms with van der Waals surface area (Å²) in [6.45, 7) is 10.4. The van der Waals surface area contributed by atoms with Crippen LogP contribution in [0.25, 0.3) is 0 Å². The average Bonchev–Trinajstić information content (AvgIpc) is 3.47. The second-order valence-corrected chi connectivity index (χ2v) is 13.2. The summed E-state index contributed by atoms with van der Waals surface area (Å²) >= 11 is 0.824. The molecule has 0 radical (unpaired) electrons. The standard InChI is InChI=1S/C23H32N4O8S3/c1-7-15(16-12-11-13(5)35-16)24-21-18(20(22(29)34-10-4)37(30,31)26-21)25-17-14(6)36-23(19(17)28)38(32,33)27(8-2)9-3/h11-12,15,25,28H,7-10H2,1-6H3,(H,24,26)/t15-/m1/s1. The fourth-order valence-electron chi connectivity index (χ4n) is 3.88. The molecular formula is C23H32N4O8S3. The van der Waals surface area contributed by atoms with E-state index in [2.05, 4.69) is 15.0 Å². The van der Waals surface area contributed by atoms with Crippen molar-refractivity contribution in [3.05, 3.63) is 39.1 Å². The molecule has 0 spiro atoms. The predicted molar refractivity (Wildman–Crippen MR) is 144 cm³/mol. The van der Waals surface area contributed by atoms with Crippen LogP contribution >= 0.6 is 11.3 Å². The number of esters is 1. The van der Waals surface area contributed by atoms with E-state index in [4.69, 9.17) is 9.15 Å². The molecule has 0 aliphatic carbocycles. The van der Waals surface area contributed by atoms with Crippen molar-refractivity contribution in [2.75, 3.05) is 25.0 Å². The lowest BCUT2D eigenvalue weighted by Gasteiger charge is -2.19. The summed E-state index contributed by atoms with van der Waals surface area (Å²) in [5, 5.41) is 16.8. The molecule has 210 valence electrons. The molecule has 3 heterocycles. The third-order valence-corrected chi connectivity index (χ3v) is 10.7. The average molecular weight is 589 g/mol. The molecule has 2 aromatic heterocycles. The van der Waals surface area contributed by atoms with Crippen LogP contribution < -0.4 is 10.6 Å². The highest BCUT2D eigenvalue weighted by Crippen LogP contribution is 2.44. The van der Waals surface area contributed by atoms with Crippen LogP contribution in [0.4, 0.5) is 5.69 Å². The number of nitrogens with one attached hydrogen (secondary N) is 2. The van der Waals surface area contributed by atoms with Crippen LogP contribution in [0.3, 0.4) is 0 Å². The Morgan fingerprint density at radius 1 is 1.21 bits per heavy atom. The molecule has 1 aliphatic heterocycles. The molecule has 3 N–H and O–H groups in total. The molecule has 0 saturated heterocycles. The Balaban J connectivity index is 2.13. The molecule has 0 fully saturated rings. The first-order valence-corrected chi connectivity index (χ1v) is 15.7. The van der Waals surface area contributed by atoms with E-state index in [1.807, 2.05) is 6.92 Å². The molecule has 3 rings (SSSR count). The summed E-state index contributed by atoms with van der Waals surface area (Å²) in [4.78, 5) is 12.3. The highest BCUT2D eigenvalue weighted by Gasteiger charge is 2.41. The number of aromatic hydroxyl groups is 1. The van der Waals surface area contributed by atoms with Crippen molar-refractivity contribution in [1.82, 2.24) is 9.62 Å². The van der Waals surface area contributed by atoms with Gasteiger partial charge in [0.15, 0.2) is 15.8 Å². The van der Waals surface area contributed by atoms with Gasteiger partial charge in [0.1, 0.15) is 17.2 Å². The Hall–Kier alpha value is -2.88. The van der Waals surface area contributed by atoms with Crippen LogP contribution in [0.2, 0.25) is 0 Å². The number of thiophene rings is 1. The number of nitrogens with zero attached hydrogens (tertiary/aromatic N) is 2. The van der Waals surface area contributed by atoms with E-state index in [1.165, 1.54) is 11.2 Å². The minimum Gasteiger partial charge on any atom is -0.504 e. The zero-order valence-corrected chi connectivity index (χ0v) is 24.4. The molecule has 2 aromatic rings. The summed E-state index contributed by atoms with van der Waals surface area (Å²) in [5.74, 6) is -0.750. The van der Waals surface area contributed by atoms with E-state index in [0.29, 0.717) is 22.8 Å². The number of furan rings is 1. The molecule has 0 bridgehead atoms. The predicted octanol–water partition coefficient (Wildman–Crippen LogP) is 3.36. The third kappa shape index (κ3) is 5.60. The van der Waals surface area contributed by atoms with Gasteiger partial charge in [0, 0.05) is 18.0 Å². The van der Waals surface area contributed by atoms with Gasteiger partial charge in [-0.1, -0.05) is 20.8 Å². The number of hydrogen-bond donors (Lipinski definition) is 3. The van der Waals surface area contributed by atoms with Gasteiger partial charge in [0.2, 0.25) is 4.91 Å². The van der Waals surface area contributed by atoms with Gasteiger partial charge in [-0.2, -0.15) is 12.7 Å². The van der Waals surface area contributed by atoms with Crippen molar-refractivity contribution in [1.29, 1.82) is 0 Å². The highest BCUT2D eigenvalue weighted by atomic mass is 32.2. The van der Waals surface area contributed by atoms with Gasteiger partial charge in [-0.3, -0.25) is 0 Å². The largest absolute Gasteiger partial charge is 0.504 e. The number of rotatable bonds is 11. The normalized spacial score (nSPS) is 16.0. The number of hydrogen-bond acceptors (Lipinski definition) is 11. The Bertz CT molecular complexity index is 1480. The molecule has 12 nitrogen and oxygen atoms in total. The lowest BCUT2D eigenvalue weighted by Crippen LogP contribution is -2.31. The minimum atomic E-state index is -4.49. The Kier molecular flexibility index (Phi) is 8.96. The van der Waals surface area contributed by atoms with Crippen molar-refractivity contribution in [2.24, 2.45) is 4.40 Å². The molecule has 0 saturated carbocycles. The Morgan fingerprint density at radius 2 is 1.87 bits per heavy atom. The zero-order valence-electron chi connectivity index (χ0n) is 22.0. The molecular weight excluding hydrogens is 556 g/mol. The van der Waals surface area contributed by atoms with E-state index in [9.17, 15) is 26.7 Å². The van der Waals surface area contributed by atoms with Crippen LogP contribution in [-0.2, 0) is 29.6 Å². The second kappa shape index (κ2) is 11.5. The van der Waals surface area contributed by atoms with E-state index >= 15 is 0 Å². The van der Waals surface area contributed by atoms with Crippen molar-refractivity contribution in [3.8, 4) is 5.75 Å². The maximum absolute atomic E-state index is 13.1. The van der Waals surface area contributed by atoms with Gasteiger partial charge < -0.3 is 24.9 Å².